The summed E-state index contributed by atoms with van der Waals surface area (Å²) in [5.74, 6) is 0. The van der Waals surface area contributed by atoms with Crippen LogP contribution in [0.3, 0.4) is 0 Å². The highest BCUT2D eigenvalue weighted by molar-refractivity contribution is 4.84. The Kier molecular flexibility index (Phi) is 5.14. The molecule has 0 spiro atoms. The molecular weight excluding hydrogens is 238 g/mol. The van der Waals surface area contributed by atoms with Crippen LogP contribution < -0.4 is 5.32 Å². The largest absolute Gasteiger partial charge is 0.376 e. The van der Waals surface area contributed by atoms with Gasteiger partial charge in [0.25, 0.3) is 0 Å². The van der Waals surface area contributed by atoms with Gasteiger partial charge in [-0.3, -0.25) is 0 Å². The van der Waals surface area contributed by atoms with Gasteiger partial charge < -0.3 is 14.8 Å². The van der Waals surface area contributed by atoms with Gasteiger partial charge in [0.1, 0.15) is 0 Å². The van der Waals surface area contributed by atoms with Crippen LogP contribution in [-0.4, -0.2) is 37.5 Å². The molecule has 3 nitrogen and oxygen atoms in total. The van der Waals surface area contributed by atoms with Crippen molar-refractivity contribution in [1.82, 2.24) is 5.32 Å². The zero-order valence-corrected chi connectivity index (χ0v) is 12.1. The summed E-state index contributed by atoms with van der Waals surface area (Å²) in [6.45, 7) is 1.87. The monoisotopic (exact) mass is 267 g/mol. The lowest BCUT2D eigenvalue weighted by Gasteiger charge is -2.19. The van der Waals surface area contributed by atoms with Crippen LogP contribution in [0.5, 0.6) is 0 Å². The second-order valence-corrected chi connectivity index (χ2v) is 6.59. The quantitative estimate of drug-likeness (QED) is 0.750. The van der Waals surface area contributed by atoms with Crippen LogP contribution in [0.25, 0.3) is 0 Å². The molecule has 0 radical (unpaired) electrons. The van der Waals surface area contributed by atoms with Gasteiger partial charge in [-0.25, -0.2) is 0 Å². The van der Waals surface area contributed by atoms with Crippen molar-refractivity contribution in [2.75, 3.05) is 13.2 Å². The summed E-state index contributed by atoms with van der Waals surface area (Å²) in [5.41, 5.74) is 0. The summed E-state index contributed by atoms with van der Waals surface area (Å²) in [6.07, 6.45) is 14.4. The average molecular weight is 267 g/mol. The van der Waals surface area contributed by atoms with Crippen molar-refractivity contribution in [2.24, 2.45) is 0 Å². The number of hydrogen-bond acceptors (Lipinski definition) is 3. The average Bonchev–Trinajstić information content (AvgIpc) is 3.20. The van der Waals surface area contributed by atoms with Crippen LogP contribution in [0.15, 0.2) is 0 Å². The van der Waals surface area contributed by atoms with E-state index in [1.54, 1.807) is 0 Å². The smallest absolute Gasteiger partial charge is 0.0814 e. The van der Waals surface area contributed by atoms with Crippen LogP contribution >= 0.6 is 0 Å². The molecule has 0 aromatic rings. The second-order valence-electron chi connectivity index (χ2n) is 6.59. The van der Waals surface area contributed by atoms with Gasteiger partial charge in [-0.2, -0.15) is 0 Å². The zero-order valence-electron chi connectivity index (χ0n) is 12.1. The summed E-state index contributed by atoms with van der Waals surface area (Å²) >= 11 is 0. The number of rotatable bonds is 6. The Bertz CT molecular complexity index is 259. The first-order valence-corrected chi connectivity index (χ1v) is 8.40. The van der Waals surface area contributed by atoms with Gasteiger partial charge in [-0.05, 0) is 38.5 Å². The molecule has 1 N–H and O–H groups in total. The van der Waals surface area contributed by atoms with Crippen molar-refractivity contribution < 1.29 is 9.47 Å². The fourth-order valence-corrected chi connectivity index (χ4v) is 3.29. The maximum atomic E-state index is 6.09. The predicted octanol–water partition coefficient (Wildman–Crippen LogP) is 3.03. The molecule has 0 aromatic heterocycles. The summed E-state index contributed by atoms with van der Waals surface area (Å²) in [4.78, 5) is 0. The van der Waals surface area contributed by atoms with E-state index in [0.29, 0.717) is 18.3 Å². The summed E-state index contributed by atoms with van der Waals surface area (Å²) in [6, 6.07) is 0.796. The Labute approximate surface area is 117 Å². The predicted molar refractivity (Wildman–Crippen MR) is 76.4 cm³/mol. The fourth-order valence-electron chi connectivity index (χ4n) is 3.29. The van der Waals surface area contributed by atoms with Gasteiger partial charge in [0, 0.05) is 12.6 Å². The maximum absolute atomic E-state index is 6.09. The molecule has 3 heteroatoms. The Hall–Kier alpha value is -0.120. The van der Waals surface area contributed by atoms with Crippen LogP contribution in [-0.2, 0) is 9.47 Å². The van der Waals surface area contributed by atoms with Crippen molar-refractivity contribution in [3.05, 3.63) is 0 Å². The molecule has 3 fully saturated rings. The van der Waals surface area contributed by atoms with Crippen LogP contribution in [0.1, 0.15) is 64.2 Å². The van der Waals surface area contributed by atoms with E-state index in [1.165, 1.54) is 64.2 Å². The van der Waals surface area contributed by atoms with Crippen LogP contribution in [0, 0.1) is 0 Å². The Balaban J connectivity index is 1.29. The molecule has 0 amide bonds. The third-order valence-electron chi connectivity index (χ3n) is 4.73. The molecule has 3 rings (SSSR count). The van der Waals surface area contributed by atoms with Crippen molar-refractivity contribution >= 4 is 0 Å². The Morgan fingerprint density at radius 1 is 0.842 bits per heavy atom. The van der Waals surface area contributed by atoms with Crippen LogP contribution in [0.4, 0.5) is 0 Å². The van der Waals surface area contributed by atoms with E-state index in [4.69, 9.17) is 9.47 Å². The minimum Gasteiger partial charge on any atom is -0.376 e. The lowest BCUT2D eigenvalue weighted by molar-refractivity contribution is -0.0444. The molecule has 2 atom stereocenters. The van der Waals surface area contributed by atoms with Crippen molar-refractivity contribution in [1.29, 1.82) is 0 Å². The molecule has 1 heterocycles. The van der Waals surface area contributed by atoms with Crippen molar-refractivity contribution in [2.45, 2.75) is 88.6 Å². The summed E-state index contributed by atoms with van der Waals surface area (Å²) in [5, 5.41) is 3.57. The number of ether oxygens (including phenoxy) is 2. The van der Waals surface area contributed by atoms with E-state index in [1.807, 2.05) is 0 Å². The molecule has 1 aliphatic heterocycles. The fraction of sp³-hybridized carbons (Fsp3) is 1.00. The highest BCUT2D eigenvalue weighted by atomic mass is 16.5. The minimum absolute atomic E-state index is 0.356. The molecule has 3 aliphatic rings. The maximum Gasteiger partial charge on any atom is 0.0814 e. The lowest BCUT2D eigenvalue weighted by Crippen LogP contribution is -2.29. The molecule has 0 bridgehead atoms. The SMILES string of the molecule is C1CCCC(OCC2CCC(CNC3CC3)O2)CC1. The van der Waals surface area contributed by atoms with E-state index in [0.717, 1.165) is 19.2 Å². The van der Waals surface area contributed by atoms with Gasteiger partial charge in [0.15, 0.2) is 0 Å². The van der Waals surface area contributed by atoms with Crippen molar-refractivity contribution in [3.8, 4) is 0 Å². The molecule has 0 aromatic carbocycles. The molecule has 2 unspecified atom stereocenters. The van der Waals surface area contributed by atoms with Gasteiger partial charge in [-0.15, -0.1) is 0 Å². The zero-order chi connectivity index (χ0) is 12.9. The molecule has 2 aliphatic carbocycles. The van der Waals surface area contributed by atoms with Crippen molar-refractivity contribution in [3.63, 3.8) is 0 Å². The number of hydrogen-bond donors (Lipinski definition) is 1. The summed E-state index contributed by atoms with van der Waals surface area (Å²) < 4.78 is 12.2. The standard InChI is InChI=1S/C16H29NO2/c1-2-4-6-14(5-3-1)18-12-16-10-9-15(19-16)11-17-13-7-8-13/h13-17H,1-12H2. The molecule has 110 valence electrons. The third kappa shape index (κ3) is 4.73. The third-order valence-corrected chi connectivity index (χ3v) is 4.73. The molecule has 1 saturated heterocycles. The van der Waals surface area contributed by atoms with Gasteiger partial charge in [-0.1, -0.05) is 25.7 Å². The first-order chi connectivity index (χ1) is 9.40. The van der Waals surface area contributed by atoms with E-state index < -0.39 is 0 Å². The Morgan fingerprint density at radius 3 is 2.32 bits per heavy atom. The normalized spacial score (nSPS) is 33.5. The first kappa shape index (κ1) is 13.8. The highest BCUT2D eigenvalue weighted by Crippen LogP contribution is 2.24. The minimum atomic E-state index is 0.356. The highest BCUT2D eigenvalue weighted by Gasteiger charge is 2.28. The van der Waals surface area contributed by atoms with E-state index in [-0.39, 0.29) is 0 Å². The van der Waals surface area contributed by atoms with Crippen LogP contribution in [0.2, 0.25) is 0 Å². The Morgan fingerprint density at radius 2 is 1.58 bits per heavy atom. The van der Waals surface area contributed by atoms with Gasteiger partial charge in [0.2, 0.25) is 0 Å². The lowest BCUT2D eigenvalue weighted by atomic mass is 10.1. The number of nitrogens with one attached hydrogen (secondary N) is 1. The molecular formula is C16H29NO2. The molecule has 19 heavy (non-hydrogen) atoms. The topological polar surface area (TPSA) is 30.5 Å². The van der Waals surface area contributed by atoms with E-state index >= 15 is 0 Å². The van der Waals surface area contributed by atoms with E-state index in [2.05, 4.69) is 5.32 Å². The summed E-state index contributed by atoms with van der Waals surface area (Å²) in [7, 11) is 0. The second kappa shape index (κ2) is 7.05. The van der Waals surface area contributed by atoms with Gasteiger partial charge >= 0.3 is 0 Å². The molecule has 2 saturated carbocycles. The first-order valence-electron chi connectivity index (χ1n) is 8.40. The van der Waals surface area contributed by atoms with Gasteiger partial charge in [0.05, 0.1) is 24.9 Å². The van der Waals surface area contributed by atoms with E-state index in [9.17, 15) is 0 Å².